The zero-order chi connectivity index (χ0) is 19.1. The Morgan fingerprint density at radius 1 is 1.29 bits per heavy atom. The van der Waals surface area contributed by atoms with Crippen LogP contribution in [-0.4, -0.2) is 32.9 Å². The number of aromatic nitrogens is 2. The Hall–Kier alpha value is -1.69. The molecule has 0 radical (unpaired) electrons. The van der Waals surface area contributed by atoms with Gasteiger partial charge in [0.1, 0.15) is 5.76 Å². The summed E-state index contributed by atoms with van der Waals surface area (Å²) in [5.41, 5.74) is 0. The van der Waals surface area contributed by atoms with Gasteiger partial charge < -0.3 is 13.9 Å². The average molecular weight is 400 g/mol. The number of thioether (sulfide) groups is 1. The Labute approximate surface area is 170 Å². The van der Waals surface area contributed by atoms with Crippen molar-refractivity contribution in [2.45, 2.75) is 61.9 Å². The summed E-state index contributed by atoms with van der Waals surface area (Å²) in [5, 5.41) is 0.953. The fourth-order valence-corrected chi connectivity index (χ4v) is 6.53. The number of carbonyl (C=O) groups excluding carboxylic acids is 1. The van der Waals surface area contributed by atoms with Crippen LogP contribution in [0.15, 0.2) is 34.1 Å². The summed E-state index contributed by atoms with van der Waals surface area (Å²) < 4.78 is 7.90. The third-order valence-electron chi connectivity index (χ3n) is 7.09. The molecular weight excluding hydrogens is 370 g/mol. The van der Waals surface area contributed by atoms with Crippen LogP contribution >= 0.6 is 11.8 Å². The Morgan fingerprint density at radius 2 is 2.21 bits per heavy atom. The highest BCUT2D eigenvalue weighted by Gasteiger charge is 2.42. The number of furan rings is 1. The Morgan fingerprint density at radius 3 is 2.96 bits per heavy atom. The second-order valence-electron chi connectivity index (χ2n) is 8.84. The molecule has 2 bridgehead atoms. The smallest absolute Gasteiger partial charge is 0.289 e. The van der Waals surface area contributed by atoms with Crippen molar-refractivity contribution in [1.82, 2.24) is 14.5 Å². The Kier molecular flexibility index (Phi) is 4.99. The summed E-state index contributed by atoms with van der Waals surface area (Å²) in [4.78, 5) is 19.5. The summed E-state index contributed by atoms with van der Waals surface area (Å²) >= 11 is 1.63. The second kappa shape index (κ2) is 7.62. The molecule has 2 aliphatic carbocycles. The largest absolute Gasteiger partial charge is 0.455 e. The van der Waals surface area contributed by atoms with Gasteiger partial charge in [0.2, 0.25) is 0 Å². The maximum Gasteiger partial charge on any atom is 0.289 e. The predicted molar refractivity (Wildman–Crippen MR) is 109 cm³/mol. The maximum atomic E-state index is 13.1. The highest BCUT2D eigenvalue weighted by atomic mass is 32.2. The number of imidazole rings is 1. The first-order chi connectivity index (χ1) is 13.7. The quantitative estimate of drug-likeness (QED) is 0.659. The van der Waals surface area contributed by atoms with Crippen molar-refractivity contribution in [3.05, 3.63) is 36.0 Å². The minimum atomic E-state index is 0.0823. The van der Waals surface area contributed by atoms with Gasteiger partial charge in [0, 0.05) is 32.0 Å². The molecule has 4 unspecified atom stereocenters. The third-order valence-corrected chi connectivity index (χ3v) is 8.17. The lowest BCUT2D eigenvalue weighted by atomic mass is 9.83. The summed E-state index contributed by atoms with van der Waals surface area (Å²) in [6.07, 6.45) is 12.9. The standard InChI is InChI=1S/C22H29N3O2S/c1-24-10-8-23-22(24)28-14-19-6-7-20(27-19)21(26)25-9-2-3-18(25)13-17-12-15-4-5-16(17)11-15/h6-8,10,15-18H,2-5,9,11-14H2,1H3. The normalized spacial score (nSPS) is 29.1. The number of nitrogens with zero attached hydrogens (tertiary/aromatic N) is 3. The van der Waals surface area contributed by atoms with E-state index in [0.717, 1.165) is 48.1 Å². The first-order valence-electron chi connectivity index (χ1n) is 10.7. The van der Waals surface area contributed by atoms with Crippen molar-refractivity contribution < 1.29 is 9.21 Å². The lowest BCUT2D eigenvalue weighted by molar-refractivity contribution is 0.0674. The molecular formula is C22H29N3O2S. The first kappa shape index (κ1) is 18.3. The summed E-state index contributed by atoms with van der Waals surface area (Å²) in [7, 11) is 1.98. The van der Waals surface area contributed by atoms with Crippen molar-refractivity contribution in [2.24, 2.45) is 24.8 Å². The molecule has 2 saturated carbocycles. The van der Waals surface area contributed by atoms with Crippen molar-refractivity contribution in [2.75, 3.05) is 6.54 Å². The lowest BCUT2D eigenvalue weighted by Crippen LogP contribution is -2.37. The van der Waals surface area contributed by atoms with Gasteiger partial charge in [-0.1, -0.05) is 18.2 Å². The van der Waals surface area contributed by atoms with Crippen LogP contribution in [0.5, 0.6) is 0 Å². The molecule has 3 fully saturated rings. The van der Waals surface area contributed by atoms with E-state index in [4.69, 9.17) is 4.42 Å². The van der Waals surface area contributed by atoms with Crippen LogP contribution in [0.25, 0.3) is 0 Å². The van der Waals surface area contributed by atoms with E-state index in [1.54, 1.807) is 18.0 Å². The van der Waals surface area contributed by atoms with Gasteiger partial charge in [-0.15, -0.1) is 0 Å². The fraction of sp³-hybridized carbons (Fsp3) is 0.636. The van der Waals surface area contributed by atoms with Gasteiger partial charge >= 0.3 is 0 Å². The van der Waals surface area contributed by atoms with E-state index in [2.05, 4.69) is 9.88 Å². The van der Waals surface area contributed by atoms with Crippen molar-refractivity contribution in [3.8, 4) is 0 Å². The number of carbonyl (C=O) groups is 1. The highest BCUT2D eigenvalue weighted by molar-refractivity contribution is 7.98. The van der Waals surface area contributed by atoms with Crippen LogP contribution in [0.2, 0.25) is 0 Å². The topological polar surface area (TPSA) is 51.3 Å². The molecule has 4 atom stereocenters. The zero-order valence-electron chi connectivity index (χ0n) is 16.5. The molecule has 1 saturated heterocycles. The van der Waals surface area contributed by atoms with Crippen molar-refractivity contribution in [3.63, 3.8) is 0 Å². The van der Waals surface area contributed by atoms with Crippen molar-refractivity contribution in [1.29, 1.82) is 0 Å². The molecule has 28 heavy (non-hydrogen) atoms. The SMILES string of the molecule is Cn1ccnc1SCc1ccc(C(=O)N2CCCC2CC2CC3CCC2C3)o1. The number of amides is 1. The monoisotopic (exact) mass is 399 g/mol. The van der Waals surface area contributed by atoms with Crippen LogP contribution in [0.4, 0.5) is 0 Å². The number of aryl methyl sites for hydroxylation is 1. The van der Waals surface area contributed by atoms with Crippen LogP contribution in [0, 0.1) is 17.8 Å². The number of hydrogen-bond acceptors (Lipinski definition) is 4. The second-order valence-corrected chi connectivity index (χ2v) is 9.78. The van der Waals surface area contributed by atoms with Crippen LogP contribution in [-0.2, 0) is 12.8 Å². The number of hydrogen-bond donors (Lipinski definition) is 0. The van der Waals surface area contributed by atoms with E-state index in [1.807, 2.05) is 29.9 Å². The molecule has 5 rings (SSSR count). The van der Waals surface area contributed by atoms with Gasteiger partial charge in [-0.3, -0.25) is 4.79 Å². The van der Waals surface area contributed by atoms with Gasteiger partial charge in [0.15, 0.2) is 10.9 Å². The van der Waals surface area contributed by atoms with E-state index in [9.17, 15) is 4.79 Å². The Balaban J connectivity index is 1.20. The van der Waals surface area contributed by atoms with Gasteiger partial charge in [-0.05, 0) is 68.4 Å². The van der Waals surface area contributed by atoms with Crippen LogP contribution in [0.3, 0.4) is 0 Å². The van der Waals surface area contributed by atoms with Gasteiger partial charge in [0.05, 0.1) is 5.75 Å². The molecule has 0 aromatic carbocycles. The third kappa shape index (κ3) is 3.51. The fourth-order valence-electron chi connectivity index (χ4n) is 5.70. The molecule has 1 aliphatic heterocycles. The Bertz CT molecular complexity index is 844. The summed E-state index contributed by atoms with van der Waals surface area (Å²) in [5.74, 6) is 4.85. The molecule has 5 nitrogen and oxygen atoms in total. The van der Waals surface area contributed by atoms with Crippen molar-refractivity contribution >= 4 is 17.7 Å². The van der Waals surface area contributed by atoms with Gasteiger partial charge in [0.25, 0.3) is 5.91 Å². The van der Waals surface area contributed by atoms with Gasteiger partial charge in [-0.2, -0.15) is 0 Å². The van der Waals surface area contributed by atoms with E-state index in [0.29, 0.717) is 17.6 Å². The minimum Gasteiger partial charge on any atom is -0.455 e. The molecule has 0 spiro atoms. The number of rotatable bonds is 6. The maximum absolute atomic E-state index is 13.1. The van der Waals surface area contributed by atoms with E-state index in [-0.39, 0.29) is 5.91 Å². The molecule has 1 amide bonds. The van der Waals surface area contributed by atoms with Crippen LogP contribution in [0.1, 0.15) is 61.3 Å². The number of likely N-dealkylation sites (tertiary alicyclic amines) is 1. The molecule has 6 heteroatoms. The van der Waals surface area contributed by atoms with Gasteiger partial charge in [-0.25, -0.2) is 4.98 Å². The number of fused-ring (bicyclic) bond motifs is 2. The summed E-state index contributed by atoms with van der Waals surface area (Å²) in [6, 6.07) is 4.20. The van der Waals surface area contributed by atoms with Crippen LogP contribution < -0.4 is 0 Å². The molecule has 150 valence electrons. The van der Waals surface area contributed by atoms with E-state index >= 15 is 0 Å². The minimum absolute atomic E-state index is 0.0823. The average Bonchev–Trinajstić information content (AvgIpc) is 3.49. The van der Waals surface area contributed by atoms with E-state index < -0.39 is 0 Å². The lowest BCUT2D eigenvalue weighted by Gasteiger charge is -2.30. The predicted octanol–water partition coefficient (Wildman–Crippen LogP) is 4.74. The molecule has 3 heterocycles. The molecule has 2 aromatic rings. The molecule has 2 aromatic heterocycles. The molecule has 0 N–H and O–H groups in total. The van der Waals surface area contributed by atoms with E-state index in [1.165, 1.54) is 32.1 Å². The summed E-state index contributed by atoms with van der Waals surface area (Å²) in [6.45, 7) is 0.877. The zero-order valence-corrected chi connectivity index (χ0v) is 17.4. The highest BCUT2D eigenvalue weighted by Crippen LogP contribution is 2.50. The molecule has 3 aliphatic rings. The first-order valence-corrected chi connectivity index (χ1v) is 11.7.